The van der Waals surface area contributed by atoms with E-state index in [4.69, 9.17) is 4.74 Å². The number of carbonyl (C=O) groups is 2. The highest BCUT2D eigenvalue weighted by atomic mass is 16.5. The van der Waals surface area contributed by atoms with Crippen molar-refractivity contribution in [3.8, 4) is 0 Å². The molecule has 0 bridgehead atoms. The van der Waals surface area contributed by atoms with Crippen molar-refractivity contribution in [3.05, 3.63) is 70.8 Å². The first-order chi connectivity index (χ1) is 17.5. The Kier molecular flexibility index (Phi) is 11.4. The minimum Gasteiger partial charge on any atom is -0.383 e. The van der Waals surface area contributed by atoms with Gasteiger partial charge in [0.15, 0.2) is 0 Å². The molecular weight excluding hydrogens is 460 g/mol. The van der Waals surface area contributed by atoms with Gasteiger partial charge in [-0.15, -0.1) is 0 Å². The SMILES string of the molecule is CCC(C)(C)c1ccc(C(=O)N(C)C2CC2)cc1.CCC(C)(CC)c1ccc(C(=O)NCCOC)cc1.[HH]. The van der Waals surface area contributed by atoms with Crippen LogP contribution in [0.4, 0.5) is 0 Å². The van der Waals surface area contributed by atoms with E-state index in [0.717, 1.165) is 37.7 Å². The predicted molar refractivity (Wildman–Crippen MR) is 156 cm³/mol. The lowest BCUT2D eigenvalue weighted by Crippen LogP contribution is -2.28. The maximum atomic E-state index is 12.2. The van der Waals surface area contributed by atoms with E-state index in [1.807, 2.05) is 36.2 Å². The van der Waals surface area contributed by atoms with E-state index in [1.165, 1.54) is 11.1 Å². The molecule has 0 atom stereocenters. The Morgan fingerprint density at radius 3 is 1.86 bits per heavy atom. The maximum absolute atomic E-state index is 12.2. The van der Waals surface area contributed by atoms with Gasteiger partial charge in [-0.3, -0.25) is 9.59 Å². The molecule has 2 amide bonds. The van der Waals surface area contributed by atoms with Crippen LogP contribution in [0.2, 0.25) is 0 Å². The van der Waals surface area contributed by atoms with Crippen molar-refractivity contribution in [1.29, 1.82) is 0 Å². The van der Waals surface area contributed by atoms with Gasteiger partial charge in [0.05, 0.1) is 6.61 Å². The average molecular weight is 511 g/mol. The van der Waals surface area contributed by atoms with Crippen LogP contribution in [0, 0.1) is 0 Å². The number of hydrogen-bond acceptors (Lipinski definition) is 3. The van der Waals surface area contributed by atoms with E-state index in [9.17, 15) is 9.59 Å². The van der Waals surface area contributed by atoms with Crippen molar-refractivity contribution in [1.82, 2.24) is 10.2 Å². The van der Waals surface area contributed by atoms with Gasteiger partial charge < -0.3 is 15.0 Å². The number of hydrogen-bond donors (Lipinski definition) is 1. The molecule has 0 radical (unpaired) electrons. The fourth-order valence-corrected chi connectivity index (χ4v) is 4.15. The topological polar surface area (TPSA) is 58.6 Å². The third-order valence-electron chi connectivity index (χ3n) is 8.21. The zero-order valence-electron chi connectivity index (χ0n) is 24.3. The van der Waals surface area contributed by atoms with Crippen molar-refractivity contribution in [2.75, 3.05) is 27.3 Å². The molecule has 0 heterocycles. The summed E-state index contributed by atoms with van der Waals surface area (Å²) in [7, 11) is 3.53. The van der Waals surface area contributed by atoms with Crippen LogP contribution in [0.25, 0.3) is 0 Å². The molecule has 2 aromatic rings. The maximum Gasteiger partial charge on any atom is 0.253 e. The summed E-state index contributed by atoms with van der Waals surface area (Å²) in [5, 5.41) is 2.82. The van der Waals surface area contributed by atoms with E-state index in [2.05, 4.69) is 71.1 Å². The van der Waals surface area contributed by atoms with Crippen molar-refractivity contribution < 1.29 is 15.8 Å². The first-order valence-corrected chi connectivity index (χ1v) is 13.8. The lowest BCUT2D eigenvalue weighted by atomic mass is 9.78. The summed E-state index contributed by atoms with van der Waals surface area (Å²) in [6.07, 6.45) is 5.61. The fraction of sp³-hybridized carbons (Fsp3) is 0.562. The summed E-state index contributed by atoms with van der Waals surface area (Å²) in [6.45, 7) is 14.4. The quantitative estimate of drug-likeness (QED) is 0.331. The molecule has 37 heavy (non-hydrogen) atoms. The Balaban J connectivity index is 0.000000370. The van der Waals surface area contributed by atoms with Gasteiger partial charge in [-0.1, -0.05) is 65.8 Å². The Bertz CT molecular complexity index is 994. The predicted octanol–water partition coefficient (Wildman–Crippen LogP) is 7.00. The van der Waals surface area contributed by atoms with Crippen LogP contribution in [0.15, 0.2) is 48.5 Å². The summed E-state index contributed by atoms with van der Waals surface area (Å²) < 4.78 is 4.91. The second-order valence-electron chi connectivity index (χ2n) is 11.1. The van der Waals surface area contributed by atoms with Crippen LogP contribution >= 0.6 is 0 Å². The number of amides is 2. The number of methoxy groups -OCH3 is 1. The third-order valence-corrected chi connectivity index (χ3v) is 8.21. The lowest BCUT2D eigenvalue weighted by molar-refractivity contribution is 0.0784. The number of rotatable bonds is 11. The van der Waals surface area contributed by atoms with E-state index < -0.39 is 0 Å². The zero-order chi connectivity index (χ0) is 27.6. The highest BCUT2D eigenvalue weighted by Gasteiger charge is 2.30. The van der Waals surface area contributed by atoms with Gasteiger partial charge in [-0.2, -0.15) is 0 Å². The van der Waals surface area contributed by atoms with Gasteiger partial charge in [0.2, 0.25) is 0 Å². The van der Waals surface area contributed by atoms with Crippen LogP contribution in [0.5, 0.6) is 0 Å². The lowest BCUT2D eigenvalue weighted by Gasteiger charge is -2.27. The van der Waals surface area contributed by atoms with E-state index in [-0.39, 0.29) is 24.1 Å². The standard InChI is InChI=1S/C16H25NO2.C16H23NO.H2/c1-5-16(3,6-2)14-9-7-13(8-10-14)15(18)17-11-12-19-4;1-5-16(2,3)13-8-6-12(7-9-13)15(18)17(4)14-10-11-14;/h7-10H,5-6,11-12H2,1-4H3,(H,17,18);6-9,14H,5,10-11H2,1-4H3;1H. The van der Waals surface area contributed by atoms with Crippen LogP contribution in [0.1, 0.15) is 107 Å². The van der Waals surface area contributed by atoms with Gasteiger partial charge in [0, 0.05) is 39.3 Å². The smallest absolute Gasteiger partial charge is 0.253 e. The highest BCUT2D eigenvalue weighted by Crippen LogP contribution is 2.31. The molecule has 206 valence electrons. The second kappa shape index (κ2) is 13.8. The number of nitrogens with zero attached hydrogens (tertiary/aromatic N) is 1. The minimum absolute atomic E-state index is 0. The Labute approximate surface area is 226 Å². The van der Waals surface area contributed by atoms with Crippen molar-refractivity contribution >= 4 is 11.8 Å². The zero-order valence-corrected chi connectivity index (χ0v) is 24.3. The summed E-state index contributed by atoms with van der Waals surface area (Å²) in [4.78, 5) is 25.9. The van der Waals surface area contributed by atoms with Gasteiger partial charge in [0.1, 0.15) is 0 Å². The molecule has 1 fully saturated rings. The Morgan fingerprint density at radius 1 is 0.892 bits per heavy atom. The second-order valence-corrected chi connectivity index (χ2v) is 11.1. The van der Waals surface area contributed by atoms with Crippen molar-refractivity contribution in [2.24, 2.45) is 0 Å². The van der Waals surface area contributed by atoms with E-state index in [1.54, 1.807) is 7.11 Å². The fourth-order valence-electron chi connectivity index (χ4n) is 4.15. The van der Waals surface area contributed by atoms with Gasteiger partial charge in [0.25, 0.3) is 11.8 Å². The van der Waals surface area contributed by atoms with E-state index in [0.29, 0.717) is 24.8 Å². The van der Waals surface area contributed by atoms with Gasteiger partial charge in [-0.05, 0) is 78.3 Å². The van der Waals surface area contributed by atoms with Crippen molar-refractivity contribution in [3.63, 3.8) is 0 Å². The van der Waals surface area contributed by atoms with Gasteiger partial charge >= 0.3 is 0 Å². The summed E-state index contributed by atoms with van der Waals surface area (Å²) in [5.41, 5.74) is 4.49. The molecule has 1 saturated carbocycles. The molecule has 1 aliphatic rings. The van der Waals surface area contributed by atoms with Crippen LogP contribution in [-0.4, -0.2) is 50.1 Å². The number of carbonyl (C=O) groups excluding carboxylic acids is 2. The first kappa shape index (κ1) is 30.6. The average Bonchev–Trinajstić information content (AvgIpc) is 3.78. The molecule has 1 aliphatic carbocycles. The van der Waals surface area contributed by atoms with Crippen molar-refractivity contribution in [2.45, 2.75) is 90.5 Å². The number of benzene rings is 2. The summed E-state index contributed by atoms with van der Waals surface area (Å²) in [6, 6.07) is 16.5. The third kappa shape index (κ3) is 8.43. The van der Waals surface area contributed by atoms with E-state index >= 15 is 0 Å². The number of ether oxygens (including phenoxy) is 1. The molecule has 3 rings (SSSR count). The molecule has 0 saturated heterocycles. The van der Waals surface area contributed by atoms with Crippen LogP contribution in [-0.2, 0) is 15.6 Å². The highest BCUT2D eigenvalue weighted by molar-refractivity contribution is 5.94. The summed E-state index contributed by atoms with van der Waals surface area (Å²) >= 11 is 0. The molecule has 2 aromatic carbocycles. The minimum atomic E-state index is -0.0432. The molecule has 0 unspecified atom stereocenters. The normalized spacial score (nSPS) is 13.4. The number of nitrogens with one attached hydrogen (secondary N) is 1. The Hall–Kier alpha value is -2.66. The molecule has 5 nitrogen and oxygen atoms in total. The molecule has 5 heteroatoms. The first-order valence-electron chi connectivity index (χ1n) is 13.8. The summed E-state index contributed by atoms with van der Waals surface area (Å²) in [5.74, 6) is 0.108. The van der Waals surface area contributed by atoms with Crippen LogP contribution in [0.3, 0.4) is 0 Å². The molecule has 0 aliphatic heterocycles. The molecule has 0 spiro atoms. The molecular formula is C32H50N2O3. The molecule has 1 N–H and O–H groups in total. The monoisotopic (exact) mass is 510 g/mol. The van der Waals surface area contributed by atoms with Crippen LogP contribution < -0.4 is 5.32 Å². The largest absolute Gasteiger partial charge is 0.383 e. The van der Waals surface area contributed by atoms with Gasteiger partial charge in [-0.25, -0.2) is 0 Å². The molecule has 0 aromatic heterocycles. The Morgan fingerprint density at radius 2 is 1.41 bits per heavy atom.